The summed E-state index contributed by atoms with van der Waals surface area (Å²) in [5.74, 6) is 0.665. The average Bonchev–Trinajstić information content (AvgIpc) is 3.66. The van der Waals surface area contributed by atoms with Gasteiger partial charge in [0, 0.05) is 24.2 Å². The summed E-state index contributed by atoms with van der Waals surface area (Å²) in [5.41, 5.74) is 6.19. The SMILES string of the molecule is O=c1[nH]c2ccccc2n1C1CCCCN1Cc1ccc(-c2nc(-c3ncco3)nnc2-c2ccccc2)cc1. The second kappa shape index (κ2) is 10.3. The molecule has 40 heavy (non-hydrogen) atoms. The topological polar surface area (TPSA) is 106 Å². The maximum absolute atomic E-state index is 13.0. The van der Waals surface area contributed by atoms with Gasteiger partial charge < -0.3 is 9.40 Å². The van der Waals surface area contributed by atoms with Gasteiger partial charge in [-0.15, -0.1) is 10.2 Å². The van der Waals surface area contributed by atoms with E-state index in [0.717, 1.165) is 54.5 Å². The predicted octanol–water partition coefficient (Wildman–Crippen LogP) is 5.69. The van der Waals surface area contributed by atoms with Crippen molar-refractivity contribution < 1.29 is 4.42 Å². The van der Waals surface area contributed by atoms with Crippen molar-refractivity contribution in [1.29, 1.82) is 0 Å². The monoisotopic (exact) mass is 529 g/mol. The molecule has 0 radical (unpaired) electrons. The van der Waals surface area contributed by atoms with Crippen molar-refractivity contribution in [1.82, 2.24) is 34.6 Å². The second-order valence-electron chi connectivity index (χ2n) is 10.00. The number of hydrogen-bond acceptors (Lipinski definition) is 7. The number of piperidine rings is 1. The van der Waals surface area contributed by atoms with Crippen molar-refractivity contribution in [2.45, 2.75) is 32.0 Å². The van der Waals surface area contributed by atoms with Crippen molar-refractivity contribution in [2.75, 3.05) is 6.54 Å². The highest BCUT2D eigenvalue weighted by molar-refractivity contribution is 5.78. The van der Waals surface area contributed by atoms with Crippen LogP contribution in [0.2, 0.25) is 0 Å². The molecular formula is C31H27N7O2. The lowest BCUT2D eigenvalue weighted by Crippen LogP contribution is -2.39. The first-order chi connectivity index (χ1) is 19.7. The molecule has 1 aliphatic heterocycles. The maximum atomic E-state index is 13.0. The number of aromatic amines is 1. The number of oxazole rings is 1. The van der Waals surface area contributed by atoms with E-state index < -0.39 is 0 Å². The molecule has 198 valence electrons. The van der Waals surface area contributed by atoms with Crippen LogP contribution in [0.25, 0.3) is 45.3 Å². The lowest BCUT2D eigenvalue weighted by molar-refractivity contribution is 0.0881. The Kier molecular flexibility index (Phi) is 6.25. The molecular weight excluding hydrogens is 502 g/mol. The van der Waals surface area contributed by atoms with Crippen LogP contribution >= 0.6 is 0 Å². The zero-order valence-corrected chi connectivity index (χ0v) is 21.8. The van der Waals surface area contributed by atoms with E-state index in [9.17, 15) is 4.79 Å². The summed E-state index contributed by atoms with van der Waals surface area (Å²) in [4.78, 5) is 27.4. The normalized spacial score (nSPS) is 15.9. The van der Waals surface area contributed by atoms with Gasteiger partial charge in [0.15, 0.2) is 0 Å². The Bertz CT molecular complexity index is 1810. The van der Waals surface area contributed by atoms with Crippen molar-refractivity contribution in [3.8, 4) is 34.2 Å². The van der Waals surface area contributed by atoms with Gasteiger partial charge >= 0.3 is 5.69 Å². The van der Waals surface area contributed by atoms with Gasteiger partial charge in [0.2, 0.25) is 5.82 Å². The summed E-state index contributed by atoms with van der Waals surface area (Å²) >= 11 is 0. The Morgan fingerprint density at radius 2 is 1.68 bits per heavy atom. The van der Waals surface area contributed by atoms with Crippen LogP contribution in [0.3, 0.4) is 0 Å². The van der Waals surface area contributed by atoms with Crippen LogP contribution in [0, 0.1) is 0 Å². The first-order valence-electron chi connectivity index (χ1n) is 13.5. The van der Waals surface area contributed by atoms with Crippen molar-refractivity contribution in [2.24, 2.45) is 0 Å². The Morgan fingerprint density at radius 3 is 2.50 bits per heavy atom. The Balaban J connectivity index is 1.21. The summed E-state index contributed by atoms with van der Waals surface area (Å²) in [7, 11) is 0. The number of nitrogens with one attached hydrogen (secondary N) is 1. The molecule has 3 aromatic carbocycles. The van der Waals surface area contributed by atoms with Crippen LogP contribution < -0.4 is 5.69 Å². The molecule has 1 saturated heterocycles. The molecule has 0 bridgehead atoms. The summed E-state index contributed by atoms with van der Waals surface area (Å²) in [6.45, 7) is 1.68. The average molecular weight is 530 g/mol. The van der Waals surface area contributed by atoms with E-state index >= 15 is 0 Å². The Hall–Kier alpha value is -4.89. The van der Waals surface area contributed by atoms with Crippen LogP contribution in [0.15, 0.2) is 101 Å². The number of fused-ring (bicyclic) bond motifs is 1. The van der Waals surface area contributed by atoms with Crippen LogP contribution in [-0.4, -0.2) is 41.2 Å². The number of likely N-dealkylation sites (tertiary alicyclic amines) is 1. The summed E-state index contributed by atoms with van der Waals surface area (Å²) in [6.07, 6.45) is 6.23. The second-order valence-corrected chi connectivity index (χ2v) is 10.00. The molecule has 0 spiro atoms. The number of imidazole rings is 1. The van der Waals surface area contributed by atoms with Crippen LogP contribution in [0.5, 0.6) is 0 Å². The highest BCUT2D eigenvalue weighted by Crippen LogP contribution is 2.32. The zero-order valence-electron chi connectivity index (χ0n) is 21.8. The van der Waals surface area contributed by atoms with Gasteiger partial charge in [0.05, 0.1) is 23.4 Å². The Labute approximate surface area is 230 Å². The molecule has 1 aliphatic rings. The number of nitrogens with zero attached hydrogens (tertiary/aromatic N) is 6. The predicted molar refractivity (Wildman–Crippen MR) is 152 cm³/mol. The van der Waals surface area contributed by atoms with Gasteiger partial charge in [-0.1, -0.05) is 66.7 Å². The first-order valence-corrected chi connectivity index (χ1v) is 13.5. The third-order valence-corrected chi connectivity index (χ3v) is 7.47. The molecule has 3 aromatic heterocycles. The van der Waals surface area contributed by atoms with E-state index in [1.165, 1.54) is 11.8 Å². The fraction of sp³-hybridized carbons (Fsp3) is 0.194. The summed E-state index contributed by atoms with van der Waals surface area (Å²) < 4.78 is 7.35. The minimum Gasteiger partial charge on any atom is -0.442 e. The smallest absolute Gasteiger partial charge is 0.327 e. The molecule has 1 unspecified atom stereocenters. The third kappa shape index (κ3) is 4.50. The largest absolute Gasteiger partial charge is 0.442 e. The molecule has 1 N–H and O–H groups in total. The molecule has 0 amide bonds. The highest BCUT2D eigenvalue weighted by Gasteiger charge is 2.27. The number of rotatable bonds is 6. The highest BCUT2D eigenvalue weighted by atomic mass is 16.3. The van der Waals surface area contributed by atoms with Gasteiger partial charge in [0.1, 0.15) is 17.7 Å². The molecule has 0 saturated carbocycles. The third-order valence-electron chi connectivity index (χ3n) is 7.47. The standard InChI is InChI=1S/C31H27N7O2/c39-31-33-24-10-4-5-11-25(24)38(31)26-12-6-7-18-37(26)20-21-13-15-23(16-14-21)27-28(22-8-2-1-3-9-22)35-36-29(34-27)30-32-17-19-40-30/h1-5,8-11,13-17,19,26H,6-7,12,18,20H2,(H,33,39). The van der Waals surface area contributed by atoms with E-state index in [-0.39, 0.29) is 11.9 Å². The van der Waals surface area contributed by atoms with Crippen LogP contribution in [-0.2, 0) is 6.54 Å². The number of benzene rings is 3. The minimum absolute atomic E-state index is 0.0104. The number of para-hydroxylation sites is 2. The molecule has 1 fully saturated rings. The molecule has 1 atom stereocenters. The fourth-order valence-electron chi connectivity index (χ4n) is 5.57. The lowest BCUT2D eigenvalue weighted by Gasteiger charge is -2.36. The van der Waals surface area contributed by atoms with Crippen molar-refractivity contribution >= 4 is 11.0 Å². The van der Waals surface area contributed by atoms with Gasteiger partial charge in [-0.25, -0.2) is 14.8 Å². The van der Waals surface area contributed by atoms with Crippen molar-refractivity contribution in [3.63, 3.8) is 0 Å². The Morgan fingerprint density at radius 1 is 0.875 bits per heavy atom. The van der Waals surface area contributed by atoms with E-state index in [1.54, 1.807) is 6.20 Å². The molecule has 4 heterocycles. The number of aromatic nitrogens is 6. The van der Waals surface area contributed by atoms with Crippen molar-refractivity contribution in [3.05, 3.63) is 107 Å². The molecule has 6 aromatic rings. The first kappa shape index (κ1) is 24.2. The maximum Gasteiger partial charge on any atom is 0.327 e. The van der Waals surface area contributed by atoms with Gasteiger partial charge in [-0.05, 0) is 37.0 Å². The molecule has 0 aliphatic carbocycles. The van der Waals surface area contributed by atoms with E-state index in [0.29, 0.717) is 23.1 Å². The lowest BCUT2D eigenvalue weighted by atomic mass is 10.0. The summed E-state index contributed by atoms with van der Waals surface area (Å²) in [6, 6.07) is 26.2. The van der Waals surface area contributed by atoms with Gasteiger partial charge in [-0.3, -0.25) is 9.47 Å². The molecule has 9 nitrogen and oxygen atoms in total. The minimum atomic E-state index is -0.0556. The van der Waals surface area contributed by atoms with Gasteiger partial charge in [-0.2, -0.15) is 0 Å². The van der Waals surface area contributed by atoms with E-state index in [4.69, 9.17) is 9.40 Å². The van der Waals surface area contributed by atoms with Crippen LogP contribution in [0.4, 0.5) is 0 Å². The fourth-order valence-corrected chi connectivity index (χ4v) is 5.57. The zero-order chi connectivity index (χ0) is 26.9. The molecule has 9 heteroatoms. The van der Waals surface area contributed by atoms with Crippen LogP contribution in [0.1, 0.15) is 31.0 Å². The quantitative estimate of drug-likeness (QED) is 0.296. The number of H-pyrrole nitrogens is 1. The van der Waals surface area contributed by atoms with E-state index in [2.05, 4.69) is 49.3 Å². The summed E-state index contributed by atoms with van der Waals surface area (Å²) in [5, 5.41) is 8.80. The molecule has 7 rings (SSSR count). The van der Waals surface area contributed by atoms with Gasteiger partial charge in [0.25, 0.3) is 5.89 Å². The van der Waals surface area contributed by atoms with E-state index in [1.807, 2.05) is 59.2 Å². The number of hydrogen-bond donors (Lipinski definition) is 1.